The van der Waals surface area contributed by atoms with E-state index < -0.39 is 22.9 Å². The van der Waals surface area contributed by atoms with Gasteiger partial charge in [0.2, 0.25) is 5.91 Å². The maximum atomic E-state index is 13.6. The Kier molecular flexibility index (Phi) is 6.04. The van der Waals surface area contributed by atoms with Gasteiger partial charge in [0.1, 0.15) is 0 Å². The van der Waals surface area contributed by atoms with Crippen LogP contribution in [0.15, 0.2) is 62.9 Å². The molecule has 1 N–H and O–H groups in total. The van der Waals surface area contributed by atoms with Gasteiger partial charge >= 0.3 is 5.69 Å². The van der Waals surface area contributed by atoms with Crippen LogP contribution in [0.25, 0.3) is 6.08 Å². The predicted octanol–water partition coefficient (Wildman–Crippen LogP) is 2.07. The van der Waals surface area contributed by atoms with Gasteiger partial charge in [0.15, 0.2) is 11.6 Å². The number of thioether (sulfide) groups is 1. The van der Waals surface area contributed by atoms with Crippen LogP contribution >= 0.6 is 11.8 Å². The van der Waals surface area contributed by atoms with Crippen molar-refractivity contribution in [2.45, 2.75) is 18.1 Å². The van der Waals surface area contributed by atoms with Crippen molar-refractivity contribution in [2.75, 3.05) is 5.75 Å². The molecule has 1 aliphatic heterocycles. The number of nitrogens with one attached hydrogen (secondary N) is 1. The van der Waals surface area contributed by atoms with Crippen molar-refractivity contribution in [1.29, 1.82) is 0 Å². The predicted molar refractivity (Wildman–Crippen MR) is 116 cm³/mol. The monoisotopic (exact) mass is 456 g/mol. The Morgan fingerprint density at radius 1 is 1.12 bits per heavy atom. The normalized spacial score (nSPS) is 12.8. The fourth-order valence-corrected chi connectivity index (χ4v) is 4.40. The smallest absolute Gasteiger partial charge is 0.331 e. The highest BCUT2D eigenvalue weighted by molar-refractivity contribution is 7.99. The van der Waals surface area contributed by atoms with Crippen LogP contribution < -0.4 is 16.6 Å². The zero-order valence-corrected chi connectivity index (χ0v) is 17.8. The van der Waals surface area contributed by atoms with Gasteiger partial charge in [-0.05, 0) is 41.5 Å². The maximum absolute atomic E-state index is 13.6. The summed E-state index contributed by atoms with van der Waals surface area (Å²) in [5.74, 6) is -2.09. The Morgan fingerprint density at radius 2 is 1.88 bits per heavy atom. The number of nitrogens with zero attached hydrogens (tertiary/aromatic N) is 3. The summed E-state index contributed by atoms with van der Waals surface area (Å²) < 4.78 is 29.0. The number of aromatic nitrogens is 3. The number of hydrogen-bond donors (Lipinski definition) is 1. The largest absolute Gasteiger partial charge is 0.348 e. The summed E-state index contributed by atoms with van der Waals surface area (Å²) in [5.41, 5.74) is 0.580. The molecule has 0 spiro atoms. The van der Waals surface area contributed by atoms with E-state index in [4.69, 9.17) is 0 Å². The molecule has 3 heterocycles. The lowest BCUT2D eigenvalue weighted by Gasteiger charge is -2.19. The van der Waals surface area contributed by atoms with E-state index >= 15 is 0 Å². The van der Waals surface area contributed by atoms with E-state index in [1.165, 1.54) is 35.5 Å². The number of pyridine rings is 1. The summed E-state index contributed by atoms with van der Waals surface area (Å²) >= 11 is 1.22. The van der Waals surface area contributed by atoms with Crippen molar-refractivity contribution < 1.29 is 13.6 Å². The first-order chi connectivity index (χ1) is 15.3. The molecule has 0 fully saturated rings. The van der Waals surface area contributed by atoms with Crippen molar-refractivity contribution in [3.8, 4) is 0 Å². The van der Waals surface area contributed by atoms with Gasteiger partial charge in [-0.1, -0.05) is 6.07 Å². The minimum atomic E-state index is -1.06. The van der Waals surface area contributed by atoms with E-state index in [0.717, 1.165) is 22.3 Å². The highest BCUT2D eigenvalue weighted by atomic mass is 32.2. The van der Waals surface area contributed by atoms with Crippen LogP contribution in [0.4, 0.5) is 8.78 Å². The topological polar surface area (TPSA) is 86.0 Å². The second-order valence-electron chi connectivity index (χ2n) is 7.20. The average Bonchev–Trinajstić information content (AvgIpc) is 2.81. The van der Waals surface area contributed by atoms with Gasteiger partial charge in [-0.25, -0.2) is 13.6 Å². The zero-order valence-electron chi connectivity index (χ0n) is 17.0. The molecule has 1 amide bonds. The Morgan fingerprint density at radius 3 is 2.59 bits per heavy atom. The lowest BCUT2D eigenvalue weighted by atomic mass is 10.1. The lowest BCUT2D eigenvalue weighted by Crippen LogP contribution is -2.42. The third-order valence-electron chi connectivity index (χ3n) is 5.03. The van der Waals surface area contributed by atoms with Crippen molar-refractivity contribution in [2.24, 2.45) is 7.05 Å². The number of amides is 1. The zero-order chi connectivity index (χ0) is 22.8. The molecule has 164 valence electrons. The summed E-state index contributed by atoms with van der Waals surface area (Å²) in [6.07, 6.45) is 4.74. The Hall–Kier alpha value is -3.53. The number of carbonyl (C=O) groups is 1. The number of fused-ring (bicyclic) bond motifs is 1. The number of carbonyl (C=O) groups excluding carboxylic acids is 1. The molecule has 1 aliphatic rings. The highest BCUT2D eigenvalue weighted by Crippen LogP contribution is 2.28. The van der Waals surface area contributed by atoms with Gasteiger partial charge in [0.05, 0.1) is 17.1 Å². The molecule has 4 rings (SSSR count). The average molecular weight is 456 g/mol. The molecule has 0 unspecified atom stereocenters. The molecule has 0 radical (unpaired) electrons. The molecule has 32 heavy (non-hydrogen) atoms. The first kappa shape index (κ1) is 21.7. The molecule has 0 bridgehead atoms. The van der Waals surface area contributed by atoms with E-state index in [2.05, 4.69) is 10.3 Å². The number of hydrogen-bond acceptors (Lipinski definition) is 5. The summed E-state index contributed by atoms with van der Waals surface area (Å²) in [4.78, 5) is 42.4. The number of benzene rings is 1. The summed E-state index contributed by atoms with van der Waals surface area (Å²) in [6.45, 7) is 0.0852. The van der Waals surface area contributed by atoms with Crippen LogP contribution in [-0.2, 0) is 24.9 Å². The standard InChI is InChI=1S/C22H18F2N4O3S/c1-27-21-16(9-15(12-32-21)19(29)26-10-13-4-6-25-7-5-13)20(30)28(22(27)31)11-14-2-3-17(23)18(24)8-14/h2-9H,10-12H2,1H3,(H,26,29). The molecule has 1 aromatic carbocycles. The molecule has 0 aliphatic carbocycles. The number of rotatable bonds is 5. The Balaban J connectivity index is 1.65. The second-order valence-corrected chi connectivity index (χ2v) is 8.16. The molecular formula is C22H18F2N4O3S. The third kappa shape index (κ3) is 4.26. The van der Waals surface area contributed by atoms with E-state index in [1.807, 2.05) is 0 Å². The minimum absolute atomic E-state index is 0.208. The molecule has 0 atom stereocenters. The molecule has 7 nitrogen and oxygen atoms in total. The summed E-state index contributed by atoms with van der Waals surface area (Å²) in [5, 5.41) is 3.26. The third-order valence-corrected chi connectivity index (χ3v) is 6.25. The van der Waals surface area contributed by atoms with Gasteiger partial charge in [-0.3, -0.25) is 23.7 Å². The minimum Gasteiger partial charge on any atom is -0.348 e. The molecule has 2 aromatic heterocycles. The van der Waals surface area contributed by atoms with Gasteiger partial charge < -0.3 is 5.32 Å². The molecule has 10 heteroatoms. The van der Waals surface area contributed by atoms with E-state index in [-0.39, 0.29) is 23.6 Å². The molecular weight excluding hydrogens is 438 g/mol. The van der Waals surface area contributed by atoms with E-state index in [9.17, 15) is 23.2 Å². The Labute approximate surface area is 185 Å². The maximum Gasteiger partial charge on any atom is 0.331 e. The van der Waals surface area contributed by atoms with Crippen molar-refractivity contribution >= 4 is 23.7 Å². The van der Waals surface area contributed by atoms with Gasteiger partial charge in [-0.15, -0.1) is 11.8 Å². The lowest BCUT2D eigenvalue weighted by molar-refractivity contribution is -0.117. The fourth-order valence-electron chi connectivity index (χ4n) is 3.32. The van der Waals surface area contributed by atoms with Crippen LogP contribution in [0.3, 0.4) is 0 Å². The van der Waals surface area contributed by atoms with Crippen LogP contribution in [0.5, 0.6) is 0 Å². The quantitative estimate of drug-likeness (QED) is 0.594. The first-order valence-corrected chi connectivity index (χ1v) is 10.6. The molecule has 0 saturated carbocycles. The second kappa shape index (κ2) is 8.91. The highest BCUT2D eigenvalue weighted by Gasteiger charge is 2.23. The SMILES string of the molecule is Cn1c2c(c(=O)n(Cc3ccc(F)c(F)c3)c1=O)C=C(C(=O)NCc1ccncc1)CS2. The Bertz CT molecular complexity index is 1350. The summed E-state index contributed by atoms with van der Waals surface area (Å²) in [6, 6.07) is 6.77. The first-order valence-electron chi connectivity index (χ1n) is 9.63. The fraction of sp³-hybridized carbons (Fsp3) is 0.182. The van der Waals surface area contributed by atoms with Crippen molar-refractivity contribution in [3.05, 3.63) is 97.5 Å². The van der Waals surface area contributed by atoms with E-state index in [1.54, 1.807) is 24.5 Å². The van der Waals surface area contributed by atoms with Crippen molar-refractivity contribution in [1.82, 2.24) is 19.4 Å². The van der Waals surface area contributed by atoms with Gasteiger partial charge in [0.25, 0.3) is 5.56 Å². The molecule has 3 aromatic rings. The van der Waals surface area contributed by atoms with Crippen LogP contribution in [0, 0.1) is 11.6 Å². The van der Waals surface area contributed by atoms with Crippen LogP contribution in [0.1, 0.15) is 16.7 Å². The summed E-state index contributed by atoms with van der Waals surface area (Å²) in [7, 11) is 1.53. The van der Waals surface area contributed by atoms with Crippen molar-refractivity contribution in [3.63, 3.8) is 0 Å². The van der Waals surface area contributed by atoms with Crippen LogP contribution in [-0.4, -0.2) is 25.8 Å². The van der Waals surface area contributed by atoms with Crippen LogP contribution in [0.2, 0.25) is 0 Å². The van der Waals surface area contributed by atoms with E-state index in [0.29, 0.717) is 22.9 Å². The van der Waals surface area contributed by atoms with Gasteiger partial charge in [0, 0.05) is 37.3 Å². The van der Waals surface area contributed by atoms with Gasteiger partial charge in [-0.2, -0.15) is 0 Å². The molecule has 0 saturated heterocycles. The number of halogens is 2.